The molecule has 0 amide bonds. The number of benzene rings is 1. The quantitative estimate of drug-likeness (QED) is 0.311. The van der Waals surface area contributed by atoms with Crippen molar-refractivity contribution in [1.29, 1.82) is 0 Å². The van der Waals surface area contributed by atoms with Crippen LogP contribution in [0, 0.1) is 10.1 Å². The Labute approximate surface area is 148 Å². The lowest BCUT2D eigenvalue weighted by Crippen LogP contribution is -2.16. The smallest absolute Gasteiger partial charge is 0.307 e. The van der Waals surface area contributed by atoms with Gasteiger partial charge in [0.05, 0.1) is 23.7 Å². The average Bonchev–Trinajstić information content (AvgIpc) is 2.59. The summed E-state index contributed by atoms with van der Waals surface area (Å²) in [5.74, 6) is -0.214. The summed E-state index contributed by atoms with van der Waals surface area (Å²) in [6.07, 6.45) is 2.83. The number of aromatic nitrogens is 2. The topological polar surface area (TPSA) is 116 Å². The summed E-state index contributed by atoms with van der Waals surface area (Å²) < 4.78 is 10.2. The maximum atomic E-state index is 11.6. The summed E-state index contributed by atoms with van der Waals surface area (Å²) in [6.45, 7) is 0.362. The molecule has 1 heterocycles. The van der Waals surface area contributed by atoms with Crippen LogP contribution in [0.3, 0.4) is 0 Å². The highest BCUT2D eigenvalue weighted by Crippen LogP contribution is 2.22. The largest absolute Gasteiger partial charge is 0.473 e. The van der Waals surface area contributed by atoms with Crippen molar-refractivity contribution in [3.63, 3.8) is 0 Å². The number of nitrogens with one attached hydrogen (secondary N) is 1. The molecule has 2 rings (SSSR count). The standard InChI is InChI=1S/C15H15ClN4O5/c16-13-9-17-10-14(19-13)24-7-8-25-15(21)5-6-18-11-3-1-2-4-12(11)20(22)23/h1-4,9-10,18H,5-8H2. The van der Waals surface area contributed by atoms with Gasteiger partial charge in [-0.05, 0) is 6.07 Å². The molecule has 10 heteroatoms. The van der Waals surface area contributed by atoms with Gasteiger partial charge >= 0.3 is 5.97 Å². The molecule has 9 nitrogen and oxygen atoms in total. The van der Waals surface area contributed by atoms with Crippen LogP contribution in [-0.4, -0.2) is 40.6 Å². The lowest BCUT2D eigenvalue weighted by atomic mass is 10.2. The number of nitrogens with zero attached hydrogens (tertiary/aromatic N) is 3. The first-order valence-corrected chi connectivity index (χ1v) is 7.67. The van der Waals surface area contributed by atoms with Crippen molar-refractivity contribution >= 4 is 28.9 Å². The van der Waals surface area contributed by atoms with Crippen LogP contribution < -0.4 is 10.1 Å². The van der Waals surface area contributed by atoms with E-state index in [0.717, 1.165) is 0 Å². The molecular formula is C15H15ClN4O5. The molecule has 0 spiro atoms. The lowest BCUT2D eigenvalue weighted by molar-refractivity contribution is -0.384. The van der Waals surface area contributed by atoms with E-state index in [2.05, 4.69) is 15.3 Å². The SMILES string of the molecule is O=C(CCNc1ccccc1[N+](=O)[O-])OCCOc1cncc(Cl)n1. The van der Waals surface area contributed by atoms with E-state index in [4.69, 9.17) is 21.1 Å². The van der Waals surface area contributed by atoms with Crippen molar-refractivity contribution < 1.29 is 19.2 Å². The fraction of sp³-hybridized carbons (Fsp3) is 0.267. The summed E-state index contributed by atoms with van der Waals surface area (Å²) in [7, 11) is 0. The minimum atomic E-state index is -0.489. The molecule has 0 radical (unpaired) electrons. The second kappa shape index (κ2) is 9.38. The molecule has 132 valence electrons. The molecule has 0 unspecified atom stereocenters. The van der Waals surface area contributed by atoms with Crippen molar-refractivity contribution in [2.24, 2.45) is 0 Å². The molecule has 1 N–H and O–H groups in total. The highest BCUT2D eigenvalue weighted by molar-refractivity contribution is 6.29. The van der Waals surface area contributed by atoms with Crippen molar-refractivity contribution in [2.45, 2.75) is 6.42 Å². The molecule has 0 atom stereocenters. The fourth-order valence-corrected chi connectivity index (χ4v) is 1.99. The van der Waals surface area contributed by atoms with E-state index in [1.165, 1.54) is 18.5 Å². The normalized spacial score (nSPS) is 10.1. The Morgan fingerprint density at radius 2 is 2.08 bits per heavy atom. The van der Waals surface area contributed by atoms with Crippen LogP contribution in [0.1, 0.15) is 6.42 Å². The summed E-state index contributed by atoms with van der Waals surface area (Å²) >= 11 is 5.66. The van der Waals surface area contributed by atoms with Crippen molar-refractivity contribution in [1.82, 2.24) is 9.97 Å². The predicted octanol–water partition coefficient (Wildman–Crippen LogP) is 2.46. The second-order valence-electron chi connectivity index (χ2n) is 4.70. The van der Waals surface area contributed by atoms with E-state index in [1.807, 2.05) is 0 Å². The summed E-state index contributed by atoms with van der Waals surface area (Å²) in [4.78, 5) is 29.7. The Morgan fingerprint density at radius 1 is 1.28 bits per heavy atom. The number of halogens is 1. The van der Waals surface area contributed by atoms with Crippen molar-refractivity contribution in [3.05, 3.63) is 51.9 Å². The number of carbonyl (C=O) groups is 1. The highest BCUT2D eigenvalue weighted by atomic mass is 35.5. The van der Waals surface area contributed by atoms with Gasteiger partial charge in [-0.2, -0.15) is 4.98 Å². The molecule has 0 saturated heterocycles. The number of carbonyl (C=O) groups excluding carboxylic acids is 1. The van der Waals surface area contributed by atoms with Gasteiger partial charge in [-0.3, -0.25) is 19.9 Å². The molecule has 25 heavy (non-hydrogen) atoms. The van der Waals surface area contributed by atoms with E-state index < -0.39 is 10.9 Å². The molecule has 0 fully saturated rings. The Balaban J connectivity index is 1.65. The highest BCUT2D eigenvalue weighted by Gasteiger charge is 2.12. The first-order valence-electron chi connectivity index (χ1n) is 7.29. The zero-order chi connectivity index (χ0) is 18.1. The van der Waals surface area contributed by atoms with E-state index in [0.29, 0.717) is 5.69 Å². The van der Waals surface area contributed by atoms with Crippen LogP contribution in [0.15, 0.2) is 36.7 Å². The number of para-hydroxylation sites is 2. The lowest BCUT2D eigenvalue weighted by Gasteiger charge is -2.08. The van der Waals surface area contributed by atoms with Crippen molar-refractivity contribution in [2.75, 3.05) is 25.1 Å². The number of ether oxygens (including phenoxy) is 2. The average molecular weight is 367 g/mol. The zero-order valence-electron chi connectivity index (χ0n) is 13.1. The van der Waals surface area contributed by atoms with Gasteiger partial charge in [0.1, 0.15) is 18.9 Å². The number of nitro benzene ring substituents is 1. The number of esters is 1. The molecule has 2 aromatic rings. The van der Waals surface area contributed by atoms with Crippen LogP contribution in [0.4, 0.5) is 11.4 Å². The van der Waals surface area contributed by atoms with E-state index in [1.54, 1.807) is 18.2 Å². The van der Waals surface area contributed by atoms with Gasteiger partial charge in [0, 0.05) is 12.6 Å². The van der Waals surface area contributed by atoms with Gasteiger partial charge in [-0.15, -0.1) is 0 Å². The molecular weight excluding hydrogens is 352 g/mol. The third-order valence-electron chi connectivity index (χ3n) is 2.92. The zero-order valence-corrected chi connectivity index (χ0v) is 13.8. The third-order valence-corrected chi connectivity index (χ3v) is 3.11. The summed E-state index contributed by atoms with van der Waals surface area (Å²) in [5.41, 5.74) is 0.301. The second-order valence-corrected chi connectivity index (χ2v) is 5.09. The number of anilines is 1. The molecule has 0 aliphatic rings. The molecule has 1 aromatic heterocycles. The van der Waals surface area contributed by atoms with Crippen LogP contribution in [0.25, 0.3) is 0 Å². The Bertz CT molecular complexity index is 743. The minimum Gasteiger partial charge on any atom is -0.473 e. The minimum absolute atomic E-state index is 0.0402. The van der Waals surface area contributed by atoms with Crippen LogP contribution in [0.5, 0.6) is 5.88 Å². The molecule has 1 aromatic carbocycles. The van der Waals surface area contributed by atoms with Crippen LogP contribution in [0.2, 0.25) is 5.15 Å². The maximum Gasteiger partial charge on any atom is 0.307 e. The molecule has 0 aliphatic heterocycles. The van der Waals surface area contributed by atoms with Gasteiger partial charge in [-0.1, -0.05) is 23.7 Å². The van der Waals surface area contributed by atoms with Gasteiger partial charge < -0.3 is 14.8 Å². The van der Waals surface area contributed by atoms with Crippen molar-refractivity contribution in [3.8, 4) is 5.88 Å². The Kier molecular flexibility index (Phi) is 6.90. The van der Waals surface area contributed by atoms with Gasteiger partial charge in [0.15, 0.2) is 5.15 Å². The number of rotatable bonds is 9. The Hall–Kier alpha value is -2.94. The first kappa shape index (κ1) is 18.4. The third kappa shape index (κ3) is 6.22. The Morgan fingerprint density at radius 3 is 2.84 bits per heavy atom. The fourth-order valence-electron chi connectivity index (χ4n) is 1.85. The van der Waals surface area contributed by atoms with E-state index in [-0.39, 0.29) is 42.9 Å². The predicted molar refractivity (Wildman–Crippen MR) is 89.7 cm³/mol. The van der Waals surface area contributed by atoms with Gasteiger partial charge in [0.2, 0.25) is 5.88 Å². The van der Waals surface area contributed by atoms with Gasteiger partial charge in [0.25, 0.3) is 5.69 Å². The molecule has 0 aliphatic carbocycles. The van der Waals surface area contributed by atoms with Gasteiger partial charge in [-0.25, -0.2) is 0 Å². The number of hydrogen-bond donors (Lipinski definition) is 1. The molecule has 0 saturated carbocycles. The summed E-state index contributed by atoms with van der Waals surface area (Å²) in [6, 6.07) is 6.20. The van der Waals surface area contributed by atoms with E-state index >= 15 is 0 Å². The van der Waals surface area contributed by atoms with Crippen LogP contribution in [-0.2, 0) is 9.53 Å². The monoisotopic (exact) mass is 366 g/mol. The number of nitro groups is 1. The number of hydrogen-bond acceptors (Lipinski definition) is 8. The maximum absolute atomic E-state index is 11.6. The molecule has 0 bridgehead atoms. The van der Waals surface area contributed by atoms with E-state index in [9.17, 15) is 14.9 Å². The summed E-state index contributed by atoms with van der Waals surface area (Å²) in [5, 5.41) is 13.9. The van der Waals surface area contributed by atoms with Crippen LogP contribution >= 0.6 is 11.6 Å². The first-order chi connectivity index (χ1) is 12.1.